The zero-order valence-electron chi connectivity index (χ0n) is 18.6. The Balaban J connectivity index is 1.62. The highest BCUT2D eigenvalue weighted by Gasteiger charge is 2.48. The Hall–Kier alpha value is -3.53. The van der Waals surface area contributed by atoms with Crippen molar-refractivity contribution in [3.05, 3.63) is 98.9 Å². The highest BCUT2D eigenvalue weighted by Crippen LogP contribution is 2.45. The molecule has 178 valence electrons. The van der Waals surface area contributed by atoms with Crippen LogP contribution in [0.4, 0.5) is 5.13 Å². The fourth-order valence-corrected chi connectivity index (χ4v) is 6.22. The van der Waals surface area contributed by atoms with Gasteiger partial charge in [-0.3, -0.25) is 18.9 Å². The number of halogens is 2. The molecule has 3 aromatic heterocycles. The van der Waals surface area contributed by atoms with E-state index in [0.29, 0.717) is 38.3 Å². The Morgan fingerprint density at radius 3 is 2.72 bits per heavy atom. The van der Waals surface area contributed by atoms with Crippen molar-refractivity contribution in [2.24, 2.45) is 0 Å². The lowest BCUT2D eigenvalue weighted by atomic mass is 9.96. The maximum Gasteiger partial charge on any atom is 0.301 e. The number of imidazole rings is 1. The summed E-state index contributed by atoms with van der Waals surface area (Å²) >= 11 is 10.9. The van der Waals surface area contributed by atoms with Crippen LogP contribution in [0, 0.1) is 6.92 Å². The van der Waals surface area contributed by atoms with Crippen molar-refractivity contribution in [1.29, 1.82) is 0 Å². The molecule has 5 aromatic rings. The van der Waals surface area contributed by atoms with E-state index in [0.717, 1.165) is 9.17 Å². The van der Waals surface area contributed by atoms with Gasteiger partial charge in [-0.1, -0.05) is 57.1 Å². The highest BCUT2D eigenvalue weighted by atomic mass is 79.9. The third-order valence-corrected chi connectivity index (χ3v) is 7.83. The third-order valence-electron chi connectivity index (χ3n) is 6.08. The van der Waals surface area contributed by atoms with Crippen LogP contribution >= 0.6 is 38.9 Å². The summed E-state index contributed by atoms with van der Waals surface area (Å²) < 4.78 is 3.26. The van der Waals surface area contributed by atoms with E-state index in [2.05, 4.69) is 25.9 Å². The number of pyridine rings is 1. The van der Waals surface area contributed by atoms with Gasteiger partial charge in [0, 0.05) is 15.7 Å². The van der Waals surface area contributed by atoms with E-state index in [1.807, 2.05) is 36.4 Å². The lowest BCUT2D eigenvalue weighted by molar-refractivity contribution is -0.132. The number of aryl methyl sites for hydroxylation is 1. The van der Waals surface area contributed by atoms with E-state index in [-0.39, 0.29) is 11.3 Å². The first-order valence-electron chi connectivity index (χ1n) is 10.9. The van der Waals surface area contributed by atoms with E-state index >= 15 is 0 Å². The normalized spacial score (nSPS) is 17.5. The Bertz CT molecular complexity index is 1760. The second-order valence-corrected chi connectivity index (χ2v) is 10.7. The number of anilines is 1. The maximum atomic E-state index is 13.5. The number of thiazole rings is 1. The first-order valence-corrected chi connectivity index (χ1v) is 12.9. The summed E-state index contributed by atoms with van der Waals surface area (Å²) in [6.07, 6.45) is 1.76. The Kier molecular flexibility index (Phi) is 5.44. The second kappa shape index (κ2) is 8.55. The van der Waals surface area contributed by atoms with Crippen LogP contribution in [0.25, 0.3) is 21.6 Å². The van der Waals surface area contributed by atoms with Gasteiger partial charge in [0.15, 0.2) is 10.9 Å². The van der Waals surface area contributed by atoms with Crippen molar-refractivity contribution in [2.75, 3.05) is 4.90 Å². The molecule has 1 aliphatic heterocycles. The van der Waals surface area contributed by atoms with Gasteiger partial charge in [0.25, 0.3) is 5.78 Å². The van der Waals surface area contributed by atoms with Crippen molar-refractivity contribution < 1.29 is 14.7 Å². The van der Waals surface area contributed by atoms with Gasteiger partial charge in [0.2, 0.25) is 0 Å². The van der Waals surface area contributed by atoms with E-state index in [4.69, 9.17) is 11.6 Å². The molecule has 10 heteroatoms. The number of carbonyl (C=O) groups is 2. The number of aliphatic hydroxyl groups is 1. The number of hydrogen-bond donors (Lipinski definition) is 1. The Morgan fingerprint density at radius 1 is 1.08 bits per heavy atom. The SMILES string of the molecule is Cc1nc2ccccn2c1/C(O)=C1\C(=O)C(=O)N(c2nc3ccc(Cl)cc3s2)C1c1cccc(Br)c1. The fraction of sp³-hybridized carbons (Fsp3) is 0.0769. The first-order chi connectivity index (χ1) is 17.3. The summed E-state index contributed by atoms with van der Waals surface area (Å²) in [5, 5.41) is 12.5. The largest absolute Gasteiger partial charge is 0.505 e. The van der Waals surface area contributed by atoms with Crippen molar-refractivity contribution >= 4 is 77.3 Å². The molecule has 4 heterocycles. The number of ketones is 1. The van der Waals surface area contributed by atoms with Gasteiger partial charge in [0.1, 0.15) is 11.3 Å². The lowest BCUT2D eigenvalue weighted by Gasteiger charge is -2.23. The third kappa shape index (κ3) is 3.54. The zero-order valence-corrected chi connectivity index (χ0v) is 21.8. The van der Waals surface area contributed by atoms with Crippen molar-refractivity contribution in [1.82, 2.24) is 14.4 Å². The van der Waals surface area contributed by atoms with E-state index < -0.39 is 17.7 Å². The Morgan fingerprint density at radius 2 is 1.92 bits per heavy atom. The molecule has 1 aliphatic rings. The number of Topliss-reactive ketones (excluding diaryl/α,β-unsaturated/α-hetero) is 1. The number of hydrogen-bond acceptors (Lipinski definition) is 6. The molecule has 1 unspecified atom stereocenters. The molecular weight excluding hydrogens is 564 g/mol. The Labute approximate surface area is 222 Å². The number of aliphatic hydroxyl groups excluding tert-OH is 1. The van der Waals surface area contributed by atoms with Gasteiger partial charge >= 0.3 is 5.91 Å². The molecular formula is C26H16BrClN4O3S. The number of aromatic nitrogens is 3. The molecule has 1 fully saturated rings. The molecule has 7 nitrogen and oxygen atoms in total. The molecule has 1 atom stereocenters. The maximum absolute atomic E-state index is 13.5. The van der Waals surface area contributed by atoms with Gasteiger partial charge in [-0.25, -0.2) is 9.97 Å². The monoisotopic (exact) mass is 578 g/mol. The van der Waals surface area contributed by atoms with Crippen molar-refractivity contribution in [3.8, 4) is 0 Å². The topological polar surface area (TPSA) is 87.8 Å². The van der Waals surface area contributed by atoms with Gasteiger partial charge in [0.05, 0.1) is 27.5 Å². The number of benzene rings is 2. The molecule has 0 radical (unpaired) electrons. The standard InChI is InChI=1S/C26H16BrClN4O3S/c1-13-21(31-10-3-2-7-19(31)29-13)23(33)20-22(14-5-4-6-15(27)11-14)32(25(35)24(20)34)26-30-17-9-8-16(28)12-18(17)36-26/h2-12,22,33H,1H3/b23-20+. The quantitative estimate of drug-likeness (QED) is 0.154. The summed E-state index contributed by atoms with van der Waals surface area (Å²) in [4.78, 5) is 37.5. The average Bonchev–Trinajstić information content (AvgIpc) is 3.49. The molecule has 0 bridgehead atoms. The molecule has 1 saturated heterocycles. The van der Waals surface area contributed by atoms with E-state index in [1.165, 1.54) is 16.2 Å². The number of carbonyl (C=O) groups excluding carboxylic acids is 2. The number of amides is 1. The summed E-state index contributed by atoms with van der Waals surface area (Å²) in [5.41, 5.74) is 2.80. The first kappa shape index (κ1) is 22.9. The predicted molar refractivity (Wildman–Crippen MR) is 143 cm³/mol. The number of rotatable bonds is 3. The van der Waals surface area contributed by atoms with Crippen LogP contribution in [-0.4, -0.2) is 31.2 Å². The number of nitrogens with zero attached hydrogens (tertiary/aromatic N) is 4. The molecule has 0 aliphatic carbocycles. The molecule has 1 amide bonds. The van der Waals surface area contributed by atoms with Gasteiger partial charge in [-0.2, -0.15) is 0 Å². The van der Waals surface area contributed by atoms with Crippen molar-refractivity contribution in [3.63, 3.8) is 0 Å². The van der Waals surface area contributed by atoms with Crippen molar-refractivity contribution in [2.45, 2.75) is 13.0 Å². The van der Waals surface area contributed by atoms with Crippen LogP contribution in [0.3, 0.4) is 0 Å². The predicted octanol–water partition coefficient (Wildman–Crippen LogP) is 6.29. The fourth-order valence-electron chi connectivity index (χ4n) is 4.54. The van der Waals surface area contributed by atoms with Crippen LogP contribution in [0.1, 0.15) is 23.0 Å². The van der Waals surface area contributed by atoms with Crippen LogP contribution in [0.15, 0.2) is 76.9 Å². The minimum absolute atomic E-state index is 0.0239. The van der Waals surface area contributed by atoms with Crippen LogP contribution in [-0.2, 0) is 9.59 Å². The molecule has 2 aromatic carbocycles. The molecule has 6 rings (SSSR count). The highest BCUT2D eigenvalue weighted by molar-refractivity contribution is 9.10. The summed E-state index contributed by atoms with van der Waals surface area (Å²) in [6, 6.07) is 17.1. The molecule has 1 N–H and O–H groups in total. The van der Waals surface area contributed by atoms with E-state index in [9.17, 15) is 14.7 Å². The second-order valence-electron chi connectivity index (χ2n) is 8.31. The van der Waals surface area contributed by atoms with Gasteiger partial charge in [-0.15, -0.1) is 0 Å². The van der Waals surface area contributed by atoms with Crippen LogP contribution in [0.2, 0.25) is 5.02 Å². The van der Waals surface area contributed by atoms with Crippen LogP contribution < -0.4 is 4.90 Å². The summed E-state index contributed by atoms with van der Waals surface area (Å²) in [6.45, 7) is 1.75. The zero-order chi connectivity index (χ0) is 25.1. The summed E-state index contributed by atoms with van der Waals surface area (Å²) in [5.74, 6) is -1.85. The smallest absolute Gasteiger partial charge is 0.301 e. The minimum atomic E-state index is -0.896. The molecule has 0 spiro atoms. The lowest BCUT2D eigenvalue weighted by Crippen LogP contribution is -2.29. The summed E-state index contributed by atoms with van der Waals surface area (Å²) in [7, 11) is 0. The molecule has 36 heavy (non-hydrogen) atoms. The van der Waals surface area contributed by atoms with Gasteiger partial charge < -0.3 is 5.11 Å². The van der Waals surface area contributed by atoms with Gasteiger partial charge in [-0.05, 0) is 55.0 Å². The average molecular weight is 580 g/mol. The molecule has 0 saturated carbocycles. The van der Waals surface area contributed by atoms with E-state index in [1.54, 1.807) is 41.8 Å². The minimum Gasteiger partial charge on any atom is -0.505 e. The van der Waals surface area contributed by atoms with Crippen LogP contribution in [0.5, 0.6) is 0 Å². The number of fused-ring (bicyclic) bond motifs is 2.